The molecule has 0 amide bonds. The number of aromatic amines is 1. The van der Waals surface area contributed by atoms with Crippen LogP contribution in [0.4, 0.5) is 10.7 Å². The molecule has 0 bridgehead atoms. The molecule has 2 aromatic rings. The second kappa shape index (κ2) is 4.92. The average Bonchev–Trinajstić information content (AvgIpc) is 2.57. The van der Waals surface area contributed by atoms with E-state index in [4.69, 9.17) is 16.9 Å². The van der Waals surface area contributed by atoms with Crippen LogP contribution < -0.4 is 10.9 Å². The van der Waals surface area contributed by atoms with Gasteiger partial charge in [-0.1, -0.05) is 27.5 Å². The second-order valence-electron chi connectivity index (χ2n) is 3.13. The van der Waals surface area contributed by atoms with E-state index in [1.165, 1.54) is 0 Å². The van der Waals surface area contributed by atoms with Crippen molar-refractivity contribution in [3.05, 3.63) is 43.6 Å². The van der Waals surface area contributed by atoms with Gasteiger partial charge in [0.05, 0.1) is 0 Å². The fraction of sp³-hybridized carbons (Fsp3) is 0. The molecule has 0 atom stereocenters. The second-order valence-corrected chi connectivity index (χ2v) is 5.30. The maximum Gasteiger partial charge on any atom is 0.278 e. The summed E-state index contributed by atoms with van der Waals surface area (Å²) in [5.74, 6) is 0. The van der Waals surface area contributed by atoms with E-state index in [1.807, 2.05) is 6.07 Å². The zero-order valence-corrected chi connectivity index (χ0v) is 11.4. The Morgan fingerprint density at radius 1 is 1.47 bits per heavy atom. The van der Waals surface area contributed by atoms with Gasteiger partial charge in [0.15, 0.2) is 5.56 Å². The molecule has 0 unspecified atom stereocenters. The van der Waals surface area contributed by atoms with Crippen molar-refractivity contribution in [3.8, 4) is 6.07 Å². The van der Waals surface area contributed by atoms with Gasteiger partial charge in [-0.15, -0.1) is 0 Å². The normalized spacial score (nSPS) is 9.94. The highest BCUT2D eigenvalue weighted by Crippen LogP contribution is 2.27. The molecule has 0 fully saturated rings. The number of aromatic nitrogens is 1. The summed E-state index contributed by atoms with van der Waals surface area (Å²) >= 11 is 10.3. The predicted molar refractivity (Wildman–Crippen MR) is 72.1 cm³/mol. The van der Waals surface area contributed by atoms with Gasteiger partial charge in [-0.2, -0.15) is 5.26 Å². The first-order valence-electron chi connectivity index (χ1n) is 4.45. The van der Waals surface area contributed by atoms with Crippen LogP contribution in [-0.2, 0) is 0 Å². The fourth-order valence-corrected chi connectivity index (χ4v) is 2.82. The molecule has 1 aromatic carbocycles. The maximum atomic E-state index is 11.3. The Morgan fingerprint density at radius 3 is 2.88 bits per heavy atom. The maximum absolute atomic E-state index is 11.3. The highest BCUT2D eigenvalue weighted by Gasteiger charge is 2.10. The van der Waals surface area contributed by atoms with Crippen molar-refractivity contribution in [2.24, 2.45) is 0 Å². The minimum Gasteiger partial charge on any atom is -0.345 e. The van der Waals surface area contributed by atoms with Gasteiger partial charge in [-0.05, 0) is 29.7 Å². The van der Waals surface area contributed by atoms with Crippen LogP contribution in [0.5, 0.6) is 0 Å². The standard InChI is InChI=1S/C10H5BrClN3OS/c11-5-1-6(12)3-7(2-5)14-10-8(4-13)9(16)15-17-10/h1-3,14H,(H,15,16). The molecule has 4 nitrogen and oxygen atoms in total. The van der Waals surface area contributed by atoms with Crippen molar-refractivity contribution >= 4 is 49.8 Å². The smallest absolute Gasteiger partial charge is 0.278 e. The van der Waals surface area contributed by atoms with Crippen molar-refractivity contribution in [3.63, 3.8) is 0 Å². The summed E-state index contributed by atoms with van der Waals surface area (Å²) in [5.41, 5.74) is 0.392. The monoisotopic (exact) mass is 329 g/mol. The van der Waals surface area contributed by atoms with E-state index in [0.29, 0.717) is 15.7 Å². The molecule has 2 N–H and O–H groups in total. The molecule has 7 heteroatoms. The van der Waals surface area contributed by atoms with Crippen LogP contribution in [-0.4, -0.2) is 4.37 Å². The van der Waals surface area contributed by atoms with Gasteiger partial charge < -0.3 is 5.32 Å². The molecular formula is C10H5BrClN3OS. The first-order chi connectivity index (χ1) is 8.10. The summed E-state index contributed by atoms with van der Waals surface area (Å²) in [5, 5.41) is 12.8. The van der Waals surface area contributed by atoms with Gasteiger partial charge in [-0.25, -0.2) is 0 Å². The number of hydrogen-bond acceptors (Lipinski definition) is 4. The molecule has 17 heavy (non-hydrogen) atoms. The van der Waals surface area contributed by atoms with Crippen molar-refractivity contribution < 1.29 is 0 Å². The summed E-state index contributed by atoms with van der Waals surface area (Å²) in [6, 6.07) is 7.11. The van der Waals surface area contributed by atoms with Gasteiger partial charge in [0, 0.05) is 15.2 Å². The Morgan fingerprint density at radius 2 is 2.24 bits per heavy atom. The summed E-state index contributed by atoms with van der Waals surface area (Å²) in [4.78, 5) is 11.3. The van der Waals surface area contributed by atoms with E-state index in [1.54, 1.807) is 18.2 Å². The molecule has 0 aliphatic rings. The average molecular weight is 331 g/mol. The predicted octanol–water partition coefficient (Wildman–Crippen LogP) is 3.47. The Bertz CT molecular complexity index is 638. The van der Waals surface area contributed by atoms with E-state index >= 15 is 0 Å². The van der Waals surface area contributed by atoms with Crippen LogP contribution in [0.25, 0.3) is 0 Å². The Kier molecular flexibility index (Phi) is 3.52. The first-order valence-corrected chi connectivity index (χ1v) is 6.43. The van der Waals surface area contributed by atoms with E-state index in [0.717, 1.165) is 16.0 Å². The molecule has 2 rings (SSSR count). The molecule has 1 aromatic heterocycles. The molecule has 0 aliphatic carbocycles. The zero-order valence-electron chi connectivity index (χ0n) is 8.25. The van der Waals surface area contributed by atoms with E-state index < -0.39 is 0 Å². The van der Waals surface area contributed by atoms with Gasteiger partial charge in [-0.3, -0.25) is 9.17 Å². The molecule has 1 heterocycles. The Hall–Kier alpha value is -1.29. The zero-order chi connectivity index (χ0) is 12.4. The van der Waals surface area contributed by atoms with Gasteiger partial charge in [0.1, 0.15) is 11.1 Å². The molecule has 0 radical (unpaired) electrons. The van der Waals surface area contributed by atoms with E-state index in [9.17, 15) is 4.79 Å². The number of halogens is 2. The minimum atomic E-state index is -0.388. The number of anilines is 2. The highest BCUT2D eigenvalue weighted by molar-refractivity contribution is 9.10. The third kappa shape index (κ3) is 2.69. The number of benzene rings is 1. The third-order valence-electron chi connectivity index (χ3n) is 1.93. The number of nitrogens with one attached hydrogen (secondary N) is 2. The van der Waals surface area contributed by atoms with Crippen LogP contribution in [0.3, 0.4) is 0 Å². The van der Waals surface area contributed by atoms with Crippen molar-refractivity contribution in [1.29, 1.82) is 5.26 Å². The number of hydrogen-bond donors (Lipinski definition) is 2. The summed E-state index contributed by atoms with van der Waals surface area (Å²) < 4.78 is 3.31. The highest BCUT2D eigenvalue weighted by atomic mass is 79.9. The van der Waals surface area contributed by atoms with Gasteiger partial charge in [0.25, 0.3) is 5.56 Å². The summed E-state index contributed by atoms with van der Waals surface area (Å²) in [7, 11) is 0. The van der Waals surface area contributed by atoms with Crippen molar-refractivity contribution in [1.82, 2.24) is 4.37 Å². The lowest BCUT2D eigenvalue weighted by Crippen LogP contribution is -2.02. The van der Waals surface area contributed by atoms with Crippen LogP contribution >= 0.6 is 39.1 Å². The molecule has 86 valence electrons. The molecule has 0 saturated heterocycles. The molecule has 0 spiro atoms. The topological polar surface area (TPSA) is 68.7 Å². The van der Waals surface area contributed by atoms with Crippen LogP contribution in [0.2, 0.25) is 5.02 Å². The van der Waals surface area contributed by atoms with Gasteiger partial charge >= 0.3 is 0 Å². The lowest BCUT2D eigenvalue weighted by atomic mass is 10.3. The third-order valence-corrected chi connectivity index (χ3v) is 3.41. The minimum absolute atomic E-state index is 0.0751. The fourth-order valence-electron chi connectivity index (χ4n) is 1.25. The van der Waals surface area contributed by atoms with Crippen molar-refractivity contribution in [2.75, 3.05) is 5.32 Å². The van der Waals surface area contributed by atoms with E-state index in [2.05, 4.69) is 25.6 Å². The number of rotatable bonds is 2. The van der Waals surface area contributed by atoms with Crippen molar-refractivity contribution in [2.45, 2.75) is 0 Å². The van der Waals surface area contributed by atoms with Crippen LogP contribution in [0.15, 0.2) is 27.5 Å². The molecule has 0 saturated carbocycles. The number of nitrogens with zero attached hydrogens (tertiary/aromatic N) is 1. The van der Waals surface area contributed by atoms with Gasteiger partial charge in [0.2, 0.25) is 0 Å². The Labute approximate surface area is 114 Å². The summed E-state index contributed by atoms with van der Waals surface area (Å²) in [6.45, 7) is 0. The Balaban J connectivity index is 2.38. The van der Waals surface area contributed by atoms with Crippen LogP contribution in [0, 0.1) is 11.3 Å². The lowest BCUT2D eigenvalue weighted by Gasteiger charge is -2.04. The number of H-pyrrole nitrogens is 1. The largest absolute Gasteiger partial charge is 0.345 e. The quantitative estimate of drug-likeness (QED) is 0.886. The first kappa shape index (κ1) is 12.2. The number of nitriles is 1. The lowest BCUT2D eigenvalue weighted by molar-refractivity contribution is 1.38. The molecular weight excluding hydrogens is 326 g/mol. The summed E-state index contributed by atoms with van der Waals surface area (Å²) in [6.07, 6.45) is 0. The van der Waals surface area contributed by atoms with Crippen LogP contribution in [0.1, 0.15) is 5.56 Å². The SMILES string of the molecule is N#Cc1c(Nc2cc(Cl)cc(Br)c2)s[nH]c1=O. The molecule has 0 aliphatic heterocycles. The van der Waals surface area contributed by atoms with E-state index in [-0.39, 0.29) is 11.1 Å².